The van der Waals surface area contributed by atoms with Gasteiger partial charge >= 0.3 is 0 Å². The van der Waals surface area contributed by atoms with Gasteiger partial charge in [-0.3, -0.25) is 0 Å². The molecule has 0 aliphatic rings. The predicted octanol–water partition coefficient (Wildman–Crippen LogP) is 4.46. The lowest BCUT2D eigenvalue weighted by molar-refractivity contribution is 0.107. The number of benzene rings is 1. The Hall–Kier alpha value is -0.450. The summed E-state index contributed by atoms with van der Waals surface area (Å²) < 4.78 is 12.6. The molecule has 1 aromatic carbocycles. The molecule has 0 bridgehead atoms. The van der Waals surface area contributed by atoms with Crippen LogP contribution in [0.4, 0.5) is 0 Å². The molecule has 2 nitrogen and oxygen atoms in total. The van der Waals surface area contributed by atoms with Crippen molar-refractivity contribution in [1.29, 1.82) is 0 Å². The third kappa shape index (κ3) is 5.61. The van der Waals surface area contributed by atoms with Crippen LogP contribution >= 0.6 is 22.6 Å². The number of alkyl halides is 1. The Labute approximate surface area is 118 Å². The Morgan fingerprint density at radius 3 is 2.24 bits per heavy atom. The summed E-state index contributed by atoms with van der Waals surface area (Å²) in [6, 6.07) is 7.87. The smallest absolute Gasteiger partial charge is 0.120 e. The van der Waals surface area contributed by atoms with Gasteiger partial charge < -0.3 is 9.47 Å². The largest absolute Gasteiger partial charge is 0.494 e. The van der Waals surface area contributed by atoms with Crippen molar-refractivity contribution in [3.05, 3.63) is 24.3 Å². The van der Waals surface area contributed by atoms with E-state index in [9.17, 15) is 0 Å². The lowest BCUT2D eigenvalue weighted by Gasteiger charge is -2.25. The van der Waals surface area contributed by atoms with Crippen molar-refractivity contribution in [2.24, 2.45) is 0 Å². The second kappa shape index (κ2) is 7.09. The maximum atomic E-state index is 5.94. The fourth-order valence-corrected chi connectivity index (χ4v) is 2.72. The second-order valence-corrected chi connectivity index (χ2v) is 5.70. The standard InChI is InChI=1S/C14H21IO2/c1-4-11-16-12-5-7-13(8-6-12)17-14(2,3)9-10-15/h5-8H,4,9-11H2,1-3H3. The van der Waals surface area contributed by atoms with E-state index in [1.54, 1.807) is 0 Å². The maximum absolute atomic E-state index is 5.94. The molecule has 0 spiro atoms. The zero-order valence-corrected chi connectivity index (χ0v) is 13.0. The monoisotopic (exact) mass is 348 g/mol. The molecule has 0 aromatic heterocycles. The Morgan fingerprint density at radius 1 is 1.12 bits per heavy atom. The second-order valence-electron chi connectivity index (χ2n) is 4.62. The summed E-state index contributed by atoms with van der Waals surface area (Å²) in [7, 11) is 0. The van der Waals surface area contributed by atoms with Gasteiger partial charge in [0.1, 0.15) is 17.1 Å². The Morgan fingerprint density at radius 2 is 1.71 bits per heavy atom. The Kier molecular flexibility index (Phi) is 6.09. The molecule has 0 heterocycles. The molecule has 0 N–H and O–H groups in total. The van der Waals surface area contributed by atoms with Crippen molar-refractivity contribution < 1.29 is 9.47 Å². The summed E-state index contributed by atoms with van der Waals surface area (Å²) in [5.74, 6) is 1.81. The molecule has 0 saturated heterocycles. The zero-order chi connectivity index (χ0) is 12.7. The molecule has 0 aliphatic carbocycles. The highest BCUT2D eigenvalue weighted by Crippen LogP contribution is 2.24. The molecule has 0 atom stereocenters. The van der Waals surface area contributed by atoms with Gasteiger partial charge in [0.15, 0.2) is 0 Å². The van der Waals surface area contributed by atoms with Gasteiger partial charge in [-0.2, -0.15) is 0 Å². The summed E-state index contributed by atoms with van der Waals surface area (Å²) in [5, 5.41) is 0. The van der Waals surface area contributed by atoms with Crippen molar-refractivity contribution >= 4 is 22.6 Å². The lowest BCUT2D eigenvalue weighted by atomic mass is 10.1. The van der Waals surface area contributed by atoms with Crippen molar-refractivity contribution in [3.63, 3.8) is 0 Å². The van der Waals surface area contributed by atoms with Gasteiger partial charge in [-0.25, -0.2) is 0 Å². The quantitative estimate of drug-likeness (QED) is 0.535. The molecule has 1 rings (SSSR count). The van der Waals surface area contributed by atoms with Crippen molar-refractivity contribution in [3.8, 4) is 11.5 Å². The molecular weight excluding hydrogens is 327 g/mol. The summed E-state index contributed by atoms with van der Waals surface area (Å²) in [4.78, 5) is 0. The number of hydrogen-bond donors (Lipinski definition) is 0. The van der Waals surface area contributed by atoms with Crippen LogP contribution in [0.3, 0.4) is 0 Å². The minimum Gasteiger partial charge on any atom is -0.494 e. The van der Waals surface area contributed by atoms with E-state index >= 15 is 0 Å². The van der Waals surface area contributed by atoms with E-state index in [0.717, 1.165) is 35.4 Å². The van der Waals surface area contributed by atoms with Gasteiger partial charge in [-0.05, 0) is 51.0 Å². The molecule has 96 valence electrons. The third-order valence-corrected chi connectivity index (χ3v) is 2.93. The highest BCUT2D eigenvalue weighted by molar-refractivity contribution is 14.1. The number of ether oxygens (including phenoxy) is 2. The van der Waals surface area contributed by atoms with Crippen LogP contribution in [0.15, 0.2) is 24.3 Å². The normalized spacial score (nSPS) is 11.3. The Balaban J connectivity index is 2.55. The van der Waals surface area contributed by atoms with Crippen LogP contribution in [-0.4, -0.2) is 16.6 Å². The number of halogens is 1. The van der Waals surface area contributed by atoms with Gasteiger partial charge in [0.05, 0.1) is 6.61 Å². The summed E-state index contributed by atoms with van der Waals surface area (Å²) >= 11 is 2.38. The molecular formula is C14H21IO2. The average Bonchev–Trinajstić information content (AvgIpc) is 2.27. The summed E-state index contributed by atoms with van der Waals surface area (Å²) in [5.41, 5.74) is -0.104. The average molecular weight is 348 g/mol. The molecule has 3 heteroatoms. The first-order chi connectivity index (χ1) is 8.07. The maximum Gasteiger partial charge on any atom is 0.120 e. The highest BCUT2D eigenvalue weighted by atomic mass is 127. The van der Waals surface area contributed by atoms with E-state index in [0.29, 0.717) is 0 Å². The van der Waals surface area contributed by atoms with E-state index < -0.39 is 0 Å². The minimum absolute atomic E-state index is 0.104. The first-order valence-electron chi connectivity index (χ1n) is 6.05. The fraction of sp³-hybridized carbons (Fsp3) is 0.571. The lowest BCUT2D eigenvalue weighted by Crippen LogP contribution is -2.28. The third-order valence-electron chi connectivity index (χ3n) is 2.39. The number of rotatable bonds is 7. The molecule has 17 heavy (non-hydrogen) atoms. The molecule has 0 fully saturated rings. The van der Waals surface area contributed by atoms with Crippen molar-refractivity contribution in [2.75, 3.05) is 11.0 Å². The molecule has 1 aromatic rings. The summed E-state index contributed by atoms with van der Waals surface area (Å²) in [6.07, 6.45) is 2.07. The van der Waals surface area contributed by atoms with Gasteiger partial charge in [0, 0.05) is 4.43 Å². The van der Waals surface area contributed by atoms with Crippen molar-refractivity contribution in [1.82, 2.24) is 0 Å². The van der Waals surface area contributed by atoms with E-state index in [-0.39, 0.29) is 5.60 Å². The van der Waals surface area contributed by atoms with Crippen LogP contribution in [-0.2, 0) is 0 Å². The van der Waals surface area contributed by atoms with E-state index in [1.165, 1.54) is 0 Å². The summed E-state index contributed by atoms with van der Waals surface area (Å²) in [6.45, 7) is 7.10. The van der Waals surface area contributed by atoms with Crippen LogP contribution in [0.2, 0.25) is 0 Å². The fourth-order valence-electron chi connectivity index (χ4n) is 1.42. The topological polar surface area (TPSA) is 18.5 Å². The van der Waals surface area contributed by atoms with Crippen LogP contribution in [0, 0.1) is 0 Å². The van der Waals surface area contributed by atoms with E-state index in [1.807, 2.05) is 24.3 Å². The SMILES string of the molecule is CCCOc1ccc(OC(C)(C)CCI)cc1. The van der Waals surface area contributed by atoms with E-state index in [4.69, 9.17) is 9.47 Å². The van der Waals surface area contributed by atoms with Gasteiger partial charge in [0.25, 0.3) is 0 Å². The minimum atomic E-state index is -0.104. The predicted molar refractivity (Wildman–Crippen MR) is 80.4 cm³/mol. The first-order valence-corrected chi connectivity index (χ1v) is 7.58. The molecule has 0 radical (unpaired) electrons. The highest BCUT2D eigenvalue weighted by Gasteiger charge is 2.18. The molecule has 0 unspecified atom stereocenters. The Bertz CT molecular complexity index is 319. The molecule has 0 saturated carbocycles. The van der Waals surface area contributed by atoms with Gasteiger partial charge in [-0.15, -0.1) is 0 Å². The van der Waals surface area contributed by atoms with Crippen LogP contribution < -0.4 is 9.47 Å². The van der Waals surface area contributed by atoms with Crippen LogP contribution in [0.25, 0.3) is 0 Å². The first kappa shape index (κ1) is 14.6. The van der Waals surface area contributed by atoms with E-state index in [2.05, 4.69) is 43.4 Å². The molecule has 0 amide bonds. The van der Waals surface area contributed by atoms with Crippen LogP contribution in [0.5, 0.6) is 11.5 Å². The van der Waals surface area contributed by atoms with Crippen LogP contribution in [0.1, 0.15) is 33.6 Å². The van der Waals surface area contributed by atoms with Crippen molar-refractivity contribution in [2.45, 2.75) is 39.2 Å². The van der Waals surface area contributed by atoms with Gasteiger partial charge in [-0.1, -0.05) is 29.5 Å². The zero-order valence-electron chi connectivity index (χ0n) is 10.8. The number of hydrogen-bond acceptors (Lipinski definition) is 2. The molecule has 0 aliphatic heterocycles. The van der Waals surface area contributed by atoms with Gasteiger partial charge in [0.2, 0.25) is 0 Å².